The fraction of sp³-hybridized carbons (Fsp3) is 0.389. The highest BCUT2D eigenvalue weighted by atomic mass is 19.4. The van der Waals surface area contributed by atoms with Crippen molar-refractivity contribution >= 4 is 21.8 Å². The number of nitrogens with one attached hydrogen (secondary N) is 1. The zero-order valence-electron chi connectivity index (χ0n) is 13.8. The van der Waals surface area contributed by atoms with Crippen LogP contribution < -0.4 is 11.1 Å². The molecule has 2 aromatic heterocycles. The van der Waals surface area contributed by atoms with Crippen molar-refractivity contribution in [3.8, 4) is 0 Å². The number of aromatic nitrogens is 2. The number of hydrogen-bond donors (Lipinski definition) is 2. The lowest BCUT2D eigenvalue weighted by molar-refractivity contribution is -0.139. The van der Waals surface area contributed by atoms with Crippen LogP contribution in [0, 0.1) is 0 Å². The van der Waals surface area contributed by atoms with E-state index in [1.165, 1.54) is 4.57 Å². The van der Waals surface area contributed by atoms with Crippen LogP contribution >= 0.6 is 0 Å². The lowest BCUT2D eigenvalue weighted by Crippen LogP contribution is -2.20. The molecule has 134 valence electrons. The van der Waals surface area contributed by atoms with Gasteiger partial charge in [-0.3, -0.25) is 4.98 Å². The number of nitrogens with two attached hydrogens (primary N) is 1. The van der Waals surface area contributed by atoms with Gasteiger partial charge < -0.3 is 15.6 Å². The van der Waals surface area contributed by atoms with E-state index in [0.29, 0.717) is 29.8 Å². The van der Waals surface area contributed by atoms with Crippen molar-refractivity contribution in [2.45, 2.75) is 32.1 Å². The Balaban J connectivity index is 2.03. The van der Waals surface area contributed by atoms with Crippen molar-refractivity contribution in [1.82, 2.24) is 14.9 Å². The third-order valence-electron chi connectivity index (χ3n) is 4.19. The zero-order valence-corrected chi connectivity index (χ0v) is 13.8. The number of pyridine rings is 1. The minimum absolute atomic E-state index is 0.427. The highest BCUT2D eigenvalue weighted by Crippen LogP contribution is 2.32. The molecule has 4 nitrogen and oxygen atoms in total. The fourth-order valence-corrected chi connectivity index (χ4v) is 3.15. The van der Waals surface area contributed by atoms with Gasteiger partial charge in [-0.1, -0.05) is 18.2 Å². The summed E-state index contributed by atoms with van der Waals surface area (Å²) in [6, 6.07) is 8.95. The summed E-state index contributed by atoms with van der Waals surface area (Å²) in [5, 5.41) is 4.86. The molecular formula is C18H21F3N4. The Bertz CT molecular complexity index is 855. The quantitative estimate of drug-likeness (QED) is 0.641. The van der Waals surface area contributed by atoms with E-state index in [1.807, 2.05) is 12.1 Å². The fourth-order valence-electron chi connectivity index (χ4n) is 3.15. The smallest absolute Gasteiger partial charge is 0.330 e. The number of halogens is 3. The molecule has 0 fully saturated rings. The van der Waals surface area contributed by atoms with Crippen LogP contribution in [0.2, 0.25) is 0 Å². The molecule has 0 spiro atoms. The molecule has 0 bridgehead atoms. The molecule has 0 aliphatic rings. The molecule has 0 unspecified atom stereocenters. The predicted molar refractivity (Wildman–Crippen MR) is 93.3 cm³/mol. The Hall–Kier alpha value is -2.12. The van der Waals surface area contributed by atoms with Crippen molar-refractivity contribution < 1.29 is 13.2 Å². The van der Waals surface area contributed by atoms with Crippen LogP contribution in [0.5, 0.6) is 0 Å². The van der Waals surface area contributed by atoms with E-state index in [4.69, 9.17) is 5.73 Å². The molecule has 0 saturated heterocycles. The first-order valence-corrected chi connectivity index (χ1v) is 8.33. The van der Waals surface area contributed by atoms with Crippen molar-refractivity contribution in [2.24, 2.45) is 5.73 Å². The molecular weight excluding hydrogens is 329 g/mol. The van der Waals surface area contributed by atoms with Crippen LogP contribution in [0.15, 0.2) is 36.5 Å². The van der Waals surface area contributed by atoms with E-state index in [1.54, 1.807) is 24.4 Å². The first kappa shape index (κ1) is 17.7. The number of unbranched alkanes of at least 4 members (excludes halogenated alkanes) is 1. The number of fused-ring (bicyclic) bond motifs is 3. The summed E-state index contributed by atoms with van der Waals surface area (Å²) in [7, 11) is 0. The highest BCUT2D eigenvalue weighted by molar-refractivity contribution is 6.08. The largest absolute Gasteiger partial charge is 0.406 e. The van der Waals surface area contributed by atoms with Crippen molar-refractivity contribution in [1.29, 1.82) is 0 Å². The second kappa shape index (κ2) is 7.41. The van der Waals surface area contributed by atoms with Gasteiger partial charge in [0.25, 0.3) is 0 Å². The molecule has 0 saturated carbocycles. The van der Waals surface area contributed by atoms with E-state index in [9.17, 15) is 13.2 Å². The first-order chi connectivity index (χ1) is 12.0. The molecule has 3 aromatic rings. The second-order valence-corrected chi connectivity index (χ2v) is 6.04. The average molecular weight is 350 g/mol. The van der Waals surface area contributed by atoms with Crippen molar-refractivity contribution in [3.63, 3.8) is 0 Å². The topological polar surface area (TPSA) is 55.9 Å². The van der Waals surface area contributed by atoms with Gasteiger partial charge in [-0.15, -0.1) is 0 Å². The van der Waals surface area contributed by atoms with Gasteiger partial charge in [0, 0.05) is 29.0 Å². The first-order valence-electron chi connectivity index (χ1n) is 8.33. The van der Waals surface area contributed by atoms with Gasteiger partial charge in [-0.05, 0) is 38.1 Å². The zero-order chi connectivity index (χ0) is 17.9. The minimum atomic E-state index is -4.30. The third-order valence-corrected chi connectivity index (χ3v) is 4.19. The molecule has 25 heavy (non-hydrogen) atoms. The number of benzene rings is 1. The number of hydrogen-bond acceptors (Lipinski definition) is 3. The molecule has 0 aliphatic heterocycles. The predicted octanol–water partition coefficient (Wildman–Crippen LogP) is 3.58. The van der Waals surface area contributed by atoms with Crippen LogP contribution in [0.1, 0.15) is 18.5 Å². The number of nitrogens with zero attached hydrogens (tertiary/aromatic N) is 2. The summed E-state index contributed by atoms with van der Waals surface area (Å²) < 4.78 is 40.7. The van der Waals surface area contributed by atoms with Crippen LogP contribution in [0.3, 0.4) is 0 Å². The lowest BCUT2D eigenvalue weighted by atomic mass is 10.1. The summed E-state index contributed by atoms with van der Waals surface area (Å²) in [6.45, 7) is 0.795. The van der Waals surface area contributed by atoms with E-state index in [0.717, 1.165) is 30.2 Å². The third kappa shape index (κ3) is 3.93. The Morgan fingerprint density at radius 2 is 1.88 bits per heavy atom. The normalized spacial score (nSPS) is 12.3. The van der Waals surface area contributed by atoms with Crippen molar-refractivity contribution in [3.05, 3.63) is 42.2 Å². The van der Waals surface area contributed by atoms with Gasteiger partial charge in [0.2, 0.25) is 0 Å². The lowest BCUT2D eigenvalue weighted by Gasteiger charge is -2.13. The minimum Gasteiger partial charge on any atom is -0.330 e. The number of rotatable bonds is 7. The summed E-state index contributed by atoms with van der Waals surface area (Å²) in [4.78, 5) is 4.34. The van der Waals surface area contributed by atoms with Gasteiger partial charge in [-0.25, -0.2) is 0 Å². The summed E-state index contributed by atoms with van der Waals surface area (Å²) in [5.41, 5.74) is 7.22. The van der Waals surface area contributed by atoms with Gasteiger partial charge in [-0.2, -0.15) is 13.2 Å². The molecule has 0 aliphatic carbocycles. The Morgan fingerprint density at radius 3 is 2.64 bits per heavy atom. The highest BCUT2D eigenvalue weighted by Gasteiger charge is 2.30. The van der Waals surface area contributed by atoms with Gasteiger partial charge in [0.05, 0.1) is 11.2 Å². The Morgan fingerprint density at radius 1 is 1.08 bits per heavy atom. The summed E-state index contributed by atoms with van der Waals surface area (Å²) in [5.74, 6) is 0. The number of para-hydroxylation sites is 1. The molecule has 3 N–H and O–H groups in total. The summed E-state index contributed by atoms with van der Waals surface area (Å²) in [6.07, 6.45) is -0.795. The molecule has 2 heterocycles. The van der Waals surface area contributed by atoms with Gasteiger partial charge >= 0.3 is 6.18 Å². The van der Waals surface area contributed by atoms with Gasteiger partial charge in [0.1, 0.15) is 6.54 Å². The van der Waals surface area contributed by atoms with Gasteiger partial charge in [0.15, 0.2) is 0 Å². The Kier molecular flexibility index (Phi) is 5.24. The molecule has 1 aromatic carbocycles. The number of alkyl halides is 3. The molecule has 7 heteroatoms. The SMILES string of the molecule is NCCCCNCc1nccc2c3ccccc3n(CC(F)(F)F)c12. The summed E-state index contributed by atoms with van der Waals surface area (Å²) >= 11 is 0. The van der Waals surface area contributed by atoms with E-state index < -0.39 is 12.7 Å². The standard InChI is InChI=1S/C18H21F3N4/c19-18(20,21)12-25-16-6-2-1-5-13(16)14-7-10-24-15(17(14)25)11-23-9-4-3-8-22/h1-2,5-7,10,23H,3-4,8-9,11-12,22H2. The average Bonchev–Trinajstić information content (AvgIpc) is 2.88. The maximum absolute atomic E-state index is 13.1. The molecule has 0 radical (unpaired) electrons. The van der Waals surface area contributed by atoms with Crippen molar-refractivity contribution in [2.75, 3.05) is 13.1 Å². The molecule has 0 atom stereocenters. The van der Waals surface area contributed by atoms with E-state index >= 15 is 0 Å². The van der Waals surface area contributed by atoms with Crippen LogP contribution in [-0.4, -0.2) is 28.8 Å². The molecule has 3 rings (SSSR count). The van der Waals surface area contributed by atoms with E-state index in [2.05, 4.69) is 10.3 Å². The Labute approximate surface area is 143 Å². The molecule has 0 amide bonds. The monoisotopic (exact) mass is 350 g/mol. The maximum Gasteiger partial charge on any atom is 0.406 e. The van der Waals surface area contributed by atoms with Crippen LogP contribution in [0.4, 0.5) is 13.2 Å². The van der Waals surface area contributed by atoms with Crippen LogP contribution in [-0.2, 0) is 13.1 Å². The van der Waals surface area contributed by atoms with E-state index in [-0.39, 0.29) is 0 Å². The maximum atomic E-state index is 13.1. The van der Waals surface area contributed by atoms with Crippen LogP contribution in [0.25, 0.3) is 21.8 Å². The second-order valence-electron chi connectivity index (χ2n) is 6.04.